The summed E-state index contributed by atoms with van der Waals surface area (Å²) in [5.74, 6) is 2.19. The monoisotopic (exact) mass is 327 g/mol. The van der Waals surface area contributed by atoms with Crippen molar-refractivity contribution in [1.29, 1.82) is 0 Å². The minimum atomic E-state index is 0.276. The quantitative estimate of drug-likeness (QED) is 0.368. The Labute approximate surface area is 142 Å². The molecule has 0 bridgehead atoms. The number of nitrogens with one attached hydrogen (secondary N) is 2. The van der Waals surface area contributed by atoms with Crippen molar-refractivity contribution in [2.24, 2.45) is 22.2 Å². The van der Waals surface area contributed by atoms with Gasteiger partial charge in [0.15, 0.2) is 5.96 Å². The van der Waals surface area contributed by atoms with Crippen molar-refractivity contribution in [2.75, 3.05) is 46.6 Å². The maximum Gasteiger partial charge on any atom is 0.190 e. The van der Waals surface area contributed by atoms with Crippen molar-refractivity contribution in [2.45, 2.75) is 47.0 Å². The van der Waals surface area contributed by atoms with E-state index in [1.807, 2.05) is 7.05 Å². The number of ether oxygens (including phenoxy) is 2. The molecule has 1 rings (SSSR count). The molecule has 0 amide bonds. The molecule has 0 aliphatic carbocycles. The van der Waals surface area contributed by atoms with Crippen LogP contribution in [0, 0.1) is 17.3 Å². The highest BCUT2D eigenvalue weighted by molar-refractivity contribution is 5.79. The Morgan fingerprint density at radius 2 is 2.13 bits per heavy atom. The Balaban J connectivity index is 2.07. The van der Waals surface area contributed by atoms with Gasteiger partial charge in [0.1, 0.15) is 0 Å². The molecule has 1 fully saturated rings. The average Bonchev–Trinajstić information content (AvgIpc) is 2.97. The molecule has 0 aromatic heterocycles. The average molecular weight is 328 g/mol. The number of aliphatic imine (C=N–C) groups is 1. The minimum absolute atomic E-state index is 0.276. The van der Waals surface area contributed by atoms with E-state index in [9.17, 15) is 0 Å². The summed E-state index contributed by atoms with van der Waals surface area (Å²) in [4.78, 5) is 4.29. The Morgan fingerprint density at radius 1 is 1.35 bits per heavy atom. The van der Waals surface area contributed by atoms with Gasteiger partial charge in [-0.05, 0) is 30.6 Å². The zero-order valence-corrected chi connectivity index (χ0v) is 15.8. The lowest BCUT2D eigenvalue weighted by Gasteiger charge is -2.28. The topological polar surface area (TPSA) is 54.9 Å². The molecule has 136 valence electrons. The lowest BCUT2D eigenvalue weighted by molar-refractivity contribution is 0.0888. The molecule has 0 aromatic rings. The van der Waals surface area contributed by atoms with Gasteiger partial charge in [-0.3, -0.25) is 4.99 Å². The molecule has 23 heavy (non-hydrogen) atoms. The van der Waals surface area contributed by atoms with Crippen LogP contribution in [-0.2, 0) is 9.47 Å². The molecule has 1 atom stereocenters. The van der Waals surface area contributed by atoms with Crippen LogP contribution >= 0.6 is 0 Å². The molecule has 0 saturated carbocycles. The maximum absolute atomic E-state index is 5.71. The first-order chi connectivity index (χ1) is 10.9. The molecule has 5 heteroatoms. The van der Waals surface area contributed by atoms with Gasteiger partial charge in [0.05, 0.1) is 13.2 Å². The molecule has 2 N–H and O–H groups in total. The number of hydrogen-bond acceptors (Lipinski definition) is 3. The fourth-order valence-electron chi connectivity index (χ4n) is 3.07. The second-order valence-electron chi connectivity index (χ2n) is 7.77. The highest BCUT2D eigenvalue weighted by Crippen LogP contribution is 2.23. The van der Waals surface area contributed by atoms with Gasteiger partial charge in [0.2, 0.25) is 0 Å². The minimum Gasteiger partial charge on any atom is -0.381 e. The third-order valence-corrected chi connectivity index (χ3v) is 4.05. The van der Waals surface area contributed by atoms with Crippen LogP contribution in [0.5, 0.6) is 0 Å². The zero-order chi connectivity index (χ0) is 17.1. The largest absolute Gasteiger partial charge is 0.381 e. The SMILES string of the molecule is CN=C(NCCCOCC1CCOC1)NCC(C)(C)CC(C)C. The lowest BCUT2D eigenvalue weighted by atomic mass is 9.84. The Bertz CT molecular complexity index is 337. The van der Waals surface area contributed by atoms with Gasteiger partial charge in [-0.25, -0.2) is 0 Å². The van der Waals surface area contributed by atoms with Crippen LogP contribution < -0.4 is 10.6 Å². The predicted molar refractivity (Wildman–Crippen MR) is 97.0 cm³/mol. The van der Waals surface area contributed by atoms with E-state index in [1.165, 1.54) is 6.42 Å². The van der Waals surface area contributed by atoms with Gasteiger partial charge in [-0.2, -0.15) is 0 Å². The van der Waals surface area contributed by atoms with Gasteiger partial charge in [-0.15, -0.1) is 0 Å². The van der Waals surface area contributed by atoms with Crippen LogP contribution in [0.4, 0.5) is 0 Å². The second kappa shape index (κ2) is 10.9. The van der Waals surface area contributed by atoms with E-state index in [4.69, 9.17) is 9.47 Å². The first-order valence-corrected chi connectivity index (χ1v) is 9.03. The van der Waals surface area contributed by atoms with Crippen LogP contribution in [0.1, 0.15) is 47.0 Å². The number of guanidine groups is 1. The number of nitrogens with zero attached hydrogens (tertiary/aromatic N) is 1. The van der Waals surface area contributed by atoms with Crippen LogP contribution in [0.2, 0.25) is 0 Å². The summed E-state index contributed by atoms with van der Waals surface area (Å²) in [6, 6.07) is 0. The van der Waals surface area contributed by atoms with Gasteiger partial charge in [0, 0.05) is 39.3 Å². The normalized spacial score (nSPS) is 19.4. The fourth-order valence-corrected chi connectivity index (χ4v) is 3.07. The molecular weight excluding hydrogens is 290 g/mol. The molecule has 0 radical (unpaired) electrons. The molecule has 0 aromatic carbocycles. The summed E-state index contributed by atoms with van der Waals surface area (Å²) >= 11 is 0. The summed E-state index contributed by atoms with van der Waals surface area (Å²) in [5, 5.41) is 6.79. The molecule has 1 aliphatic heterocycles. The molecular formula is C18H37N3O2. The van der Waals surface area contributed by atoms with Crippen molar-refractivity contribution in [3.8, 4) is 0 Å². The summed E-state index contributed by atoms with van der Waals surface area (Å²) in [6.07, 6.45) is 3.33. The van der Waals surface area contributed by atoms with Gasteiger partial charge in [0.25, 0.3) is 0 Å². The Hall–Kier alpha value is -0.810. The van der Waals surface area contributed by atoms with Crippen molar-refractivity contribution in [3.63, 3.8) is 0 Å². The van der Waals surface area contributed by atoms with Crippen LogP contribution in [0.3, 0.4) is 0 Å². The summed E-state index contributed by atoms with van der Waals surface area (Å²) < 4.78 is 11.1. The van der Waals surface area contributed by atoms with E-state index in [1.54, 1.807) is 0 Å². The molecule has 1 unspecified atom stereocenters. The van der Waals surface area contributed by atoms with Crippen LogP contribution in [0.25, 0.3) is 0 Å². The summed E-state index contributed by atoms with van der Waals surface area (Å²) in [6.45, 7) is 14.3. The molecule has 5 nitrogen and oxygen atoms in total. The van der Waals surface area contributed by atoms with Crippen molar-refractivity contribution < 1.29 is 9.47 Å². The standard InChI is InChI=1S/C18H37N3O2/c1-15(2)11-18(3,4)14-21-17(19-5)20-8-6-9-22-12-16-7-10-23-13-16/h15-16H,6-14H2,1-5H3,(H2,19,20,21). The van der Waals surface area contributed by atoms with Crippen molar-refractivity contribution >= 4 is 5.96 Å². The highest BCUT2D eigenvalue weighted by Gasteiger charge is 2.19. The van der Waals surface area contributed by atoms with E-state index in [2.05, 4.69) is 43.3 Å². The van der Waals surface area contributed by atoms with E-state index in [-0.39, 0.29) is 5.41 Å². The summed E-state index contributed by atoms with van der Waals surface area (Å²) in [5.41, 5.74) is 0.276. The van der Waals surface area contributed by atoms with E-state index in [0.29, 0.717) is 11.8 Å². The van der Waals surface area contributed by atoms with Gasteiger partial charge < -0.3 is 20.1 Å². The third kappa shape index (κ3) is 9.82. The van der Waals surface area contributed by atoms with Crippen molar-refractivity contribution in [3.05, 3.63) is 0 Å². The predicted octanol–water partition coefficient (Wildman–Crippen LogP) is 2.67. The number of rotatable bonds is 10. The van der Waals surface area contributed by atoms with E-state index in [0.717, 1.165) is 58.3 Å². The first kappa shape index (κ1) is 20.2. The molecule has 0 spiro atoms. The maximum atomic E-state index is 5.71. The second-order valence-corrected chi connectivity index (χ2v) is 7.77. The van der Waals surface area contributed by atoms with Crippen LogP contribution in [-0.4, -0.2) is 52.5 Å². The molecule has 1 heterocycles. The first-order valence-electron chi connectivity index (χ1n) is 9.03. The Morgan fingerprint density at radius 3 is 2.74 bits per heavy atom. The van der Waals surface area contributed by atoms with E-state index >= 15 is 0 Å². The lowest BCUT2D eigenvalue weighted by Crippen LogP contribution is -2.42. The fraction of sp³-hybridized carbons (Fsp3) is 0.944. The third-order valence-electron chi connectivity index (χ3n) is 4.05. The smallest absolute Gasteiger partial charge is 0.190 e. The highest BCUT2D eigenvalue weighted by atomic mass is 16.5. The van der Waals surface area contributed by atoms with E-state index < -0.39 is 0 Å². The zero-order valence-electron chi connectivity index (χ0n) is 15.8. The van der Waals surface area contributed by atoms with Crippen LogP contribution in [0.15, 0.2) is 4.99 Å². The Kier molecular flexibility index (Phi) is 9.56. The summed E-state index contributed by atoms with van der Waals surface area (Å²) in [7, 11) is 1.82. The number of hydrogen-bond donors (Lipinski definition) is 2. The van der Waals surface area contributed by atoms with Crippen molar-refractivity contribution in [1.82, 2.24) is 10.6 Å². The molecule has 1 aliphatic rings. The van der Waals surface area contributed by atoms with Gasteiger partial charge >= 0.3 is 0 Å². The molecule has 1 saturated heterocycles. The van der Waals surface area contributed by atoms with Gasteiger partial charge in [-0.1, -0.05) is 27.7 Å².